The number of nitro groups is 1. The first kappa shape index (κ1) is 14.0. The van der Waals surface area contributed by atoms with Gasteiger partial charge in [0.25, 0.3) is 0 Å². The maximum absolute atomic E-state index is 11.1. The molecule has 0 radical (unpaired) electrons. The Morgan fingerprint density at radius 1 is 1.47 bits per heavy atom. The molecule has 0 saturated heterocycles. The van der Waals surface area contributed by atoms with E-state index in [1.54, 1.807) is 6.07 Å². The molecule has 9 heteroatoms. The van der Waals surface area contributed by atoms with Gasteiger partial charge in [-0.05, 0) is 13.1 Å². The van der Waals surface area contributed by atoms with Gasteiger partial charge in [-0.25, -0.2) is 13.1 Å². The van der Waals surface area contributed by atoms with Crippen molar-refractivity contribution in [3.05, 3.63) is 27.1 Å². The molecule has 0 spiro atoms. The molecule has 1 aromatic heterocycles. The molecule has 0 unspecified atom stereocenters. The summed E-state index contributed by atoms with van der Waals surface area (Å²) in [7, 11) is -1.84. The van der Waals surface area contributed by atoms with Crippen LogP contribution in [0.4, 0.5) is 5.00 Å². The highest BCUT2D eigenvalue weighted by atomic mass is 32.2. The van der Waals surface area contributed by atoms with Crippen LogP contribution in [0.3, 0.4) is 0 Å². The van der Waals surface area contributed by atoms with E-state index in [-0.39, 0.29) is 10.8 Å². The lowest BCUT2D eigenvalue weighted by atomic mass is 10.4. The first-order valence-corrected chi connectivity index (χ1v) is 7.26. The van der Waals surface area contributed by atoms with Crippen LogP contribution in [-0.2, 0) is 16.6 Å². The second-order valence-corrected chi connectivity index (χ2v) is 6.39. The number of hydrogen-bond acceptors (Lipinski definition) is 6. The summed E-state index contributed by atoms with van der Waals surface area (Å²) in [6.07, 6.45) is 0. The number of thiophene rings is 1. The summed E-state index contributed by atoms with van der Waals surface area (Å²) in [4.78, 5) is 10.8. The van der Waals surface area contributed by atoms with Gasteiger partial charge in [0.15, 0.2) is 0 Å². The smallest absolute Gasteiger partial charge is 0.311 e. The average Bonchev–Trinajstić information content (AvgIpc) is 2.73. The number of nitrogens with one attached hydrogen (secondary N) is 2. The molecular formula is C8H13N3O4S2. The molecule has 1 aromatic rings. The molecule has 1 heterocycles. The number of hydrogen-bond donors (Lipinski definition) is 2. The van der Waals surface area contributed by atoms with Crippen molar-refractivity contribution in [2.45, 2.75) is 6.54 Å². The molecule has 0 aliphatic carbocycles. The molecule has 0 fully saturated rings. The Morgan fingerprint density at radius 2 is 2.18 bits per heavy atom. The quantitative estimate of drug-likeness (QED) is 0.424. The monoisotopic (exact) mass is 279 g/mol. The number of nitrogens with zero attached hydrogens (tertiary/aromatic N) is 1. The fourth-order valence-electron chi connectivity index (χ4n) is 1.08. The maximum atomic E-state index is 11.1. The zero-order valence-corrected chi connectivity index (χ0v) is 10.8. The minimum Gasteiger partial charge on any atom is -0.311 e. The van der Waals surface area contributed by atoms with Crippen molar-refractivity contribution in [3.63, 3.8) is 0 Å². The molecule has 0 bridgehead atoms. The van der Waals surface area contributed by atoms with E-state index in [1.807, 2.05) is 0 Å². The van der Waals surface area contributed by atoms with Crippen molar-refractivity contribution in [3.8, 4) is 0 Å². The molecule has 2 N–H and O–H groups in total. The van der Waals surface area contributed by atoms with E-state index in [0.717, 1.165) is 16.2 Å². The van der Waals surface area contributed by atoms with Crippen LogP contribution in [0.25, 0.3) is 0 Å². The van der Waals surface area contributed by atoms with Gasteiger partial charge in [-0.3, -0.25) is 10.1 Å². The topological polar surface area (TPSA) is 101 Å². The summed E-state index contributed by atoms with van der Waals surface area (Å²) in [5.41, 5.74) is 0. The second-order valence-electron chi connectivity index (χ2n) is 3.20. The Hall–Kier alpha value is -1.03. The molecule has 0 saturated carbocycles. The molecular weight excluding hydrogens is 266 g/mol. The molecule has 1 rings (SSSR count). The molecule has 0 atom stereocenters. The summed E-state index contributed by atoms with van der Waals surface area (Å²) < 4.78 is 24.3. The van der Waals surface area contributed by atoms with Gasteiger partial charge in [-0.15, -0.1) is 0 Å². The van der Waals surface area contributed by atoms with Gasteiger partial charge in [-0.2, -0.15) is 0 Å². The predicted molar refractivity (Wildman–Crippen MR) is 65.5 cm³/mol. The predicted octanol–water partition coefficient (Wildman–Crippen LogP) is 0.295. The fraction of sp³-hybridized carbons (Fsp3) is 0.500. The maximum Gasteiger partial charge on any atom is 0.324 e. The van der Waals surface area contributed by atoms with E-state index in [1.165, 1.54) is 13.1 Å². The van der Waals surface area contributed by atoms with Gasteiger partial charge < -0.3 is 5.32 Å². The summed E-state index contributed by atoms with van der Waals surface area (Å²) in [6, 6.07) is 3.09. The Bertz CT molecular complexity index is 483. The minimum absolute atomic E-state index is 0.0169. The van der Waals surface area contributed by atoms with Crippen LogP contribution in [0.2, 0.25) is 0 Å². The van der Waals surface area contributed by atoms with Gasteiger partial charge in [0.2, 0.25) is 10.0 Å². The first-order chi connectivity index (χ1) is 7.94. The van der Waals surface area contributed by atoms with Crippen molar-refractivity contribution in [1.82, 2.24) is 10.0 Å². The van der Waals surface area contributed by atoms with Crippen LogP contribution in [0, 0.1) is 10.1 Å². The summed E-state index contributed by atoms with van der Waals surface area (Å²) >= 11 is 1.08. The van der Waals surface area contributed by atoms with Crippen LogP contribution in [-0.4, -0.2) is 32.7 Å². The molecule has 17 heavy (non-hydrogen) atoms. The highest BCUT2D eigenvalue weighted by Gasteiger charge is 2.10. The third kappa shape index (κ3) is 4.77. The van der Waals surface area contributed by atoms with E-state index in [4.69, 9.17) is 0 Å². The molecule has 0 aromatic carbocycles. The lowest BCUT2D eigenvalue weighted by Crippen LogP contribution is -2.29. The van der Waals surface area contributed by atoms with E-state index < -0.39 is 14.9 Å². The Morgan fingerprint density at radius 3 is 2.71 bits per heavy atom. The lowest BCUT2D eigenvalue weighted by molar-refractivity contribution is -0.380. The second kappa shape index (κ2) is 6.05. The van der Waals surface area contributed by atoms with E-state index in [2.05, 4.69) is 10.0 Å². The standard InChI is InChI=1S/C8H13N3O4S2/c1-9-17(14,15)5-4-10-6-7-2-3-8(16-7)11(12)13/h2-3,9-10H,4-6H2,1H3. The van der Waals surface area contributed by atoms with E-state index in [9.17, 15) is 18.5 Å². The van der Waals surface area contributed by atoms with Crippen LogP contribution < -0.4 is 10.0 Å². The third-order valence-electron chi connectivity index (χ3n) is 1.99. The summed E-state index contributed by atoms with van der Waals surface area (Å²) in [5.74, 6) is -0.0169. The van der Waals surface area contributed by atoms with Crippen LogP contribution >= 0.6 is 11.3 Å². The van der Waals surface area contributed by atoms with Gasteiger partial charge in [0.1, 0.15) is 0 Å². The average molecular weight is 279 g/mol. The highest BCUT2D eigenvalue weighted by Crippen LogP contribution is 2.23. The molecule has 0 aliphatic heterocycles. The Balaban J connectivity index is 2.34. The van der Waals surface area contributed by atoms with Crippen molar-refractivity contribution in [1.29, 1.82) is 0 Å². The van der Waals surface area contributed by atoms with Crippen molar-refractivity contribution in [2.75, 3.05) is 19.3 Å². The zero-order valence-electron chi connectivity index (χ0n) is 9.17. The fourth-order valence-corrected chi connectivity index (χ4v) is 2.49. The molecule has 7 nitrogen and oxygen atoms in total. The van der Waals surface area contributed by atoms with Gasteiger partial charge in [-0.1, -0.05) is 11.3 Å². The lowest BCUT2D eigenvalue weighted by Gasteiger charge is -2.03. The van der Waals surface area contributed by atoms with Crippen LogP contribution in [0.5, 0.6) is 0 Å². The number of rotatable bonds is 7. The minimum atomic E-state index is -3.20. The van der Waals surface area contributed by atoms with Gasteiger partial charge >= 0.3 is 5.00 Å². The van der Waals surface area contributed by atoms with Crippen molar-refractivity contribution in [2.24, 2.45) is 0 Å². The third-order valence-corrected chi connectivity index (χ3v) is 4.39. The van der Waals surface area contributed by atoms with E-state index >= 15 is 0 Å². The Kier molecular flexibility index (Phi) is 5.00. The molecule has 96 valence electrons. The normalized spacial score (nSPS) is 11.6. The van der Waals surface area contributed by atoms with Crippen molar-refractivity contribution >= 4 is 26.4 Å². The molecule has 0 amide bonds. The van der Waals surface area contributed by atoms with Crippen LogP contribution in [0.1, 0.15) is 4.88 Å². The zero-order chi connectivity index (χ0) is 12.9. The van der Waals surface area contributed by atoms with Gasteiger partial charge in [0.05, 0.1) is 10.7 Å². The first-order valence-electron chi connectivity index (χ1n) is 4.79. The molecule has 0 aliphatic rings. The highest BCUT2D eigenvalue weighted by molar-refractivity contribution is 7.89. The largest absolute Gasteiger partial charge is 0.324 e. The van der Waals surface area contributed by atoms with Crippen molar-refractivity contribution < 1.29 is 13.3 Å². The van der Waals surface area contributed by atoms with Gasteiger partial charge in [0, 0.05) is 24.0 Å². The van der Waals surface area contributed by atoms with E-state index in [0.29, 0.717) is 13.1 Å². The number of sulfonamides is 1. The summed E-state index contributed by atoms with van der Waals surface area (Å²) in [6.45, 7) is 0.729. The SMILES string of the molecule is CNS(=O)(=O)CCNCc1ccc([N+](=O)[O-])s1. The van der Waals surface area contributed by atoms with Crippen LogP contribution in [0.15, 0.2) is 12.1 Å². The summed E-state index contributed by atoms with van der Waals surface area (Å²) in [5, 5.41) is 13.4. The Labute approximate surface area is 103 Å².